The van der Waals surface area contributed by atoms with Crippen LogP contribution in [0.5, 0.6) is 0 Å². The molecule has 6 heteroatoms. The van der Waals surface area contributed by atoms with Gasteiger partial charge in [-0.05, 0) is 13.3 Å². The highest BCUT2D eigenvalue weighted by molar-refractivity contribution is 7.89. The molecular formula is C8H15N3O2S. The number of sulfonamides is 1. The Labute approximate surface area is 84.2 Å². The molecule has 0 fully saturated rings. The standard InChI is InChI=1S/C8H15N3O2S/c1-4-5-10-14(12,13)8-6-9-11(3)7(8)2/h6,10H,4-5H2,1-3H3. The van der Waals surface area contributed by atoms with Crippen molar-refractivity contribution in [3.05, 3.63) is 11.9 Å². The molecular weight excluding hydrogens is 202 g/mol. The van der Waals surface area contributed by atoms with Crippen LogP contribution in [0.1, 0.15) is 19.0 Å². The van der Waals surface area contributed by atoms with Crippen molar-refractivity contribution in [3.8, 4) is 0 Å². The quantitative estimate of drug-likeness (QED) is 0.794. The summed E-state index contributed by atoms with van der Waals surface area (Å²) in [5.41, 5.74) is 0.647. The van der Waals surface area contributed by atoms with Gasteiger partial charge in [0, 0.05) is 13.6 Å². The Morgan fingerprint density at radius 2 is 2.21 bits per heavy atom. The summed E-state index contributed by atoms with van der Waals surface area (Å²) in [5.74, 6) is 0. The molecule has 1 aromatic rings. The Morgan fingerprint density at radius 3 is 2.64 bits per heavy atom. The van der Waals surface area contributed by atoms with Crippen LogP contribution in [0.4, 0.5) is 0 Å². The first kappa shape index (κ1) is 11.2. The van der Waals surface area contributed by atoms with Gasteiger partial charge in [0.2, 0.25) is 10.0 Å². The maximum Gasteiger partial charge on any atom is 0.243 e. The van der Waals surface area contributed by atoms with Crippen molar-refractivity contribution < 1.29 is 8.42 Å². The number of rotatable bonds is 4. The Balaban J connectivity index is 2.99. The molecule has 1 heterocycles. The van der Waals surface area contributed by atoms with Crippen molar-refractivity contribution in [2.24, 2.45) is 7.05 Å². The van der Waals surface area contributed by atoms with E-state index in [-0.39, 0.29) is 4.90 Å². The molecule has 1 aromatic heterocycles. The van der Waals surface area contributed by atoms with Crippen LogP contribution in [-0.4, -0.2) is 24.7 Å². The zero-order valence-electron chi connectivity index (χ0n) is 8.61. The second-order valence-corrected chi connectivity index (χ2v) is 4.85. The van der Waals surface area contributed by atoms with Gasteiger partial charge < -0.3 is 0 Å². The topological polar surface area (TPSA) is 64.0 Å². The highest BCUT2D eigenvalue weighted by atomic mass is 32.2. The molecule has 0 spiro atoms. The maximum absolute atomic E-state index is 11.7. The van der Waals surface area contributed by atoms with Gasteiger partial charge in [-0.3, -0.25) is 4.68 Å². The molecule has 0 amide bonds. The van der Waals surface area contributed by atoms with Gasteiger partial charge in [-0.25, -0.2) is 13.1 Å². The van der Waals surface area contributed by atoms with Gasteiger partial charge in [-0.1, -0.05) is 6.92 Å². The molecule has 14 heavy (non-hydrogen) atoms. The normalized spacial score (nSPS) is 11.9. The molecule has 0 aromatic carbocycles. The first-order valence-electron chi connectivity index (χ1n) is 4.47. The molecule has 0 bridgehead atoms. The fraction of sp³-hybridized carbons (Fsp3) is 0.625. The van der Waals surface area contributed by atoms with Gasteiger partial charge in [-0.15, -0.1) is 0 Å². The summed E-state index contributed by atoms with van der Waals surface area (Å²) in [6.07, 6.45) is 2.14. The van der Waals surface area contributed by atoms with Crippen LogP contribution in [0.2, 0.25) is 0 Å². The van der Waals surface area contributed by atoms with Gasteiger partial charge >= 0.3 is 0 Å². The molecule has 0 unspecified atom stereocenters. The lowest BCUT2D eigenvalue weighted by atomic mass is 10.5. The van der Waals surface area contributed by atoms with E-state index in [1.54, 1.807) is 18.7 Å². The van der Waals surface area contributed by atoms with E-state index < -0.39 is 10.0 Å². The summed E-state index contributed by atoms with van der Waals surface area (Å²) in [4.78, 5) is 0.258. The van der Waals surface area contributed by atoms with E-state index in [0.717, 1.165) is 6.42 Å². The number of nitrogens with one attached hydrogen (secondary N) is 1. The Kier molecular flexibility index (Phi) is 3.28. The summed E-state index contributed by atoms with van der Waals surface area (Å²) in [6, 6.07) is 0. The van der Waals surface area contributed by atoms with Crippen LogP contribution in [0.3, 0.4) is 0 Å². The van der Waals surface area contributed by atoms with E-state index >= 15 is 0 Å². The van der Waals surface area contributed by atoms with Crippen molar-refractivity contribution >= 4 is 10.0 Å². The van der Waals surface area contributed by atoms with E-state index in [0.29, 0.717) is 12.2 Å². The van der Waals surface area contributed by atoms with Crippen molar-refractivity contribution in [2.75, 3.05) is 6.54 Å². The van der Waals surface area contributed by atoms with Crippen LogP contribution in [-0.2, 0) is 17.1 Å². The minimum absolute atomic E-state index is 0.258. The van der Waals surface area contributed by atoms with Crippen LogP contribution in [0.25, 0.3) is 0 Å². The number of hydrogen-bond donors (Lipinski definition) is 1. The third kappa shape index (κ3) is 2.13. The maximum atomic E-state index is 11.7. The zero-order valence-corrected chi connectivity index (χ0v) is 9.43. The fourth-order valence-corrected chi connectivity index (χ4v) is 2.39. The van der Waals surface area contributed by atoms with Gasteiger partial charge in [0.25, 0.3) is 0 Å². The van der Waals surface area contributed by atoms with Crippen LogP contribution in [0, 0.1) is 6.92 Å². The minimum atomic E-state index is -3.37. The summed E-state index contributed by atoms with van der Waals surface area (Å²) in [7, 11) is -1.65. The Hall–Kier alpha value is -0.880. The number of aromatic nitrogens is 2. The summed E-state index contributed by atoms with van der Waals surface area (Å²) in [5, 5.41) is 3.89. The molecule has 0 aliphatic carbocycles. The molecule has 0 atom stereocenters. The first-order valence-corrected chi connectivity index (χ1v) is 5.95. The second kappa shape index (κ2) is 4.10. The molecule has 0 aliphatic heterocycles. The average Bonchev–Trinajstić information content (AvgIpc) is 2.45. The molecule has 1 N–H and O–H groups in total. The lowest BCUT2D eigenvalue weighted by Crippen LogP contribution is -2.24. The van der Waals surface area contributed by atoms with E-state index in [4.69, 9.17) is 0 Å². The van der Waals surface area contributed by atoms with Gasteiger partial charge in [-0.2, -0.15) is 5.10 Å². The minimum Gasteiger partial charge on any atom is -0.272 e. The lowest BCUT2D eigenvalue weighted by molar-refractivity contribution is 0.579. The van der Waals surface area contributed by atoms with Crippen molar-refractivity contribution in [3.63, 3.8) is 0 Å². The van der Waals surface area contributed by atoms with E-state index in [2.05, 4.69) is 9.82 Å². The number of aryl methyl sites for hydroxylation is 1. The van der Waals surface area contributed by atoms with Crippen LogP contribution >= 0.6 is 0 Å². The molecule has 0 aliphatic rings. The van der Waals surface area contributed by atoms with Gasteiger partial charge in [0.05, 0.1) is 11.9 Å². The van der Waals surface area contributed by atoms with E-state index in [1.807, 2.05) is 6.92 Å². The smallest absolute Gasteiger partial charge is 0.243 e. The molecule has 5 nitrogen and oxygen atoms in total. The molecule has 0 saturated carbocycles. The Morgan fingerprint density at radius 1 is 1.57 bits per heavy atom. The SMILES string of the molecule is CCCNS(=O)(=O)c1cnn(C)c1C. The monoisotopic (exact) mass is 217 g/mol. The molecule has 0 saturated heterocycles. The van der Waals surface area contributed by atoms with Gasteiger partial charge in [0.15, 0.2) is 0 Å². The predicted molar refractivity (Wildman–Crippen MR) is 53.4 cm³/mol. The van der Waals surface area contributed by atoms with Gasteiger partial charge in [0.1, 0.15) is 4.90 Å². The summed E-state index contributed by atoms with van der Waals surface area (Å²) >= 11 is 0. The summed E-state index contributed by atoms with van der Waals surface area (Å²) in [6.45, 7) is 4.10. The highest BCUT2D eigenvalue weighted by Crippen LogP contribution is 2.12. The molecule has 80 valence electrons. The largest absolute Gasteiger partial charge is 0.272 e. The lowest BCUT2D eigenvalue weighted by Gasteiger charge is -2.04. The second-order valence-electron chi connectivity index (χ2n) is 3.12. The highest BCUT2D eigenvalue weighted by Gasteiger charge is 2.18. The number of nitrogens with zero attached hydrogens (tertiary/aromatic N) is 2. The van der Waals surface area contributed by atoms with Crippen LogP contribution in [0.15, 0.2) is 11.1 Å². The molecule has 1 rings (SSSR count). The number of hydrogen-bond acceptors (Lipinski definition) is 3. The predicted octanol–water partition coefficient (Wildman–Crippen LogP) is 0.417. The fourth-order valence-electron chi connectivity index (χ4n) is 1.06. The van der Waals surface area contributed by atoms with Crippen molar-refractivity contribution in [1.82, 2.24) is 14.5 Å². The van der Waals surface area contributed by atoms with E-state index in [1.165, 1.54) is 6.20 Å². The van der Waals surface area contributed by atoms with Crippen molar-refractivity contribution in [1.29, 1.82) is 0 Å². The third-order valence-corrected chi connectivity index (χ3v) is 3.59. The Bertz CT molecular complexity index is 408. The van der Waals surface area contributed by atoms with E-state index in [9.17, 15) is 8.42 Å². The average molecular weight is 217 g/mol. The molecule has 0 radical (unpaired) electrons. The summed E-state index contributed by atoms with van der Waals surface area (Å²) < 4.78 is 27.4. The van der Waals surface area contributed by atoms with Crippen LogP contribution < -0.4 is 4.72 Å². The zero-order chi connectivity index (χ0) is 10.8. The third-order valence-electron chi connectivity index (χ3n) is 2.02. The first-order chi connectivity index (χ1) is 6.49. The van der Waals surface area contributed by atoms with Crippen molar-refractivity contribution in [2.45, 2.75) is 25.2 Å².